The minimum Gasteiger partial charge on any atom is -0.506 e. The molecule has 1 heterocycles. The second kappa shape index (κ2) is 6.37. The molecule has 0 aliphatic carbocycles. The van der Waals surface area contributed by atoms with E-state index in [9.17, 15) is 26.7 Å². The number of ether oxygens (including phenoxy) is 1. The Morgan fingerprint density at radius 1 is 1.04 bits per heavy atom. The SMILES string of the molecule is O=S(=O)(Nc1ccc2cccc(O)c2n1)c1cccc(OC(F)(F)F)c1. The monoisotopic (exact) mass is 384 g/mol. The van der Waals surface area contributed by atoms with E-state index in [2.05, 4.69) is 14.4 Å². The minimum atomic E-state index is -4.94. The molecule has 26 heavy (non-hydrogen) atoms. The van der Waals surface area contributed by atoms with Gasteiger partial charge in [0.15, 0.2) is 0 Å². The fourth-order valence-corrected chi connectivity index (χ4v) is 3.26. The molecule has 10 heteroatoms. The average Bonchev–Trinajstić information content (AvgIpc) is 2.54. The summed E-state index contributed by atoms with van der Waals surface area (Å²) in [4.78, 5) is 3.58. The highest BCUT2D eigenvalue weighted by atomic mass is 32.2. The van der Waals surface area contributed by atoms with Crippen LogP contribution in [0.15, 0.2) is 59.5 Å². The molecule has 0 atom stereocenters. The van der Waals surface area contributed by atoms with Crippen LogP contribution in [-0.2, 0) is 10.0 Å². The zero-order valence-corrected chi connectivity index (χ0v) is 13.7. The largest absolute Gasteiger partial charge is 0.573 e. The molecular weight excluding hydrogens is 373 g/mol. The van der Waals surface area contributed by atoms with Gasteiger partial charge in [-0.2, -0.15) is 0 Å². The number of sulfonamides is 1. The number of rotatable bonds is 4. The normalized spacial score (nSPS) is 12.1. The lowest BCUT2D eigenvalue weighted by molar-refractivity contribution is -0.274. The molecule has 0 aliphatic rings. The highest BCUT2D eigenvalue weighted by molar-refractivity contribution is 7.92. The first kappa shape index (κ1) is 17.8. The number of phenolic OH excluding ortho intramolecular Hbond substituents is 1. The van der Waals surface area contributed by atoms with Crippen molar-refractivity contribution in [2.75, 3.05) is 4.72 Å². The molecule has 0 amide bonds. The molecule has 3 aromatic rings. The quantitative estimate of drug-likeness (QED) is 0.717. The zero-order valence-electron chi connectivity index (χ0n) is 12.9. The number of para-hydroxylation sites is 1. The molecule has 0 aliphatic heterocycles. The Labute approximate surface area is 145 Å². The summed E-state index contributed by atoms with van der Waals surface area (Å²) in [6.07, 6.45) is -4.94. The van der Waals surface area contributed by atoms with Gasteiger partial charge in [-0.15, -0.1) is 13.2 Å². The molecule has 0 saturated carbocycles. The Kier molecular flexibility index (Phi) is 4.36. The van der Waals surface area contributed by atoms with Crippen molar-refractivity contribution in [3.8, 4) is 11.5 Å². The van der Waals surface area contributed by atoms with Crippen LogP contribution in [0.1, 0.15) is 0 Å². The molecule has 0 radical (unpaired) electrons. The van der Waals surface area contributed by atoms with Crippen LogP contribution in [0, 0.1) is 0 Å². The number of hydrogen-bond acceptors (Lipinski definition) is 5. The lowest BCUT2D eigenvalue weighted by Crippen LogP contribution is -2.18. The lowest BCUT2D eigenvalue weighted by Gasteiger charge is -2.11. The summed E-state index contributed by atoms with van der Waals surface area (Å²) in [5.41, 5.74) is 0.182. The number of pyridine rings is 1. The van der Waals surface area contributed by atoms with Gasteiger partial charge in [0.05, 0.1) is 4.90 Å². The van der Waals surface area contributed by atoms with E-state index in [0.29, 0.717) is 5.39 Å². The Bertz CT molecular complexity index is 1070. The number of aromatic hydroxyl groups is 1. The second-order valence-corrected chi connectivity index (χ2v) is 6.86. The van der Waals surface area contributed by atoms with Crippen LogP contribution in [0.2, 0.25) is 0 Å². The summed E-state index contributed by atoms with van der Waals surface area (Å²) in [5, 5.41) is 10.4. The maximum Gasteiger partial charge on any atom is 0.573 e. The van der Waals surface area contributed by atoms with Crippen LogP contribution in [-0.4, -0.2) is 24.9 Å². The van der Waals surface area contributed by atoms with Gasteiger partial charge in [-0.05, 0) is 30.3 Å². The van der Waals surface area contributed by atoms with E-state index >= 15 is 0 Å². The first-order valence-corrected chi connectivity index (χ1v) is 8.60. The molecule has 2 aromatic carbocycles. The molecule has 2 N–H and O–H groups in total. The van der Waals surface area contributed by atoms with Gasteiger partial charge < -0.3 is 9.84 Å². The number of alkyl halides is 3. The van der Waals surface area contributed by atoms with E-state index in [1.807, 2.05) is 0 Å². The Morgan fingerprint density at radius 2 is 1.77 bits per heavy atom. The van der Waals surface area contributed by atoms with Crippen molar-refractivity contribution in [2.45, 2.75) is 11.3 Å². The smallest absolute Gasteiger partial charge is 0.506 e. The summed E-state index contributed by atoms with van der Waals surface area (Å²) in [6, 6.07) is 11.6. The summed E-state index contributed by atoms with van der Waals surface area (Å²) in [7, 11) is -4.21. The molecule has 6 nitrogen and oxygen atoms in total. The van der Waals surface area contributed by atoms with E-state index < -0.39 is 27.0 Å². The van der Waals surface area contributed by atoms with Crippen LogP contribution in [0.4, 0.5) is 19.0 Å². The van der Waals surface area contributed by atoms with Crippen molar-refractivity contribution < 1.29 is 31.4 Å². The third-order valence-electron chi connectivity index (χ3n) is 3.29. The molecule has 0 saturated heterocycles. The van der Waals surface area contributed by atoms with Crippen LogP contribution in [0.25, 0.3) is 10.9 Å². The summed E-state index contributed by atoms with van der Waals surface area (Å²) >= 11 is 0. The van der Waals surface area contributed by atoms with E-state index in [-0.39, 0.29) is 17.1 Å². The maximum atomic E-state index is 12.4. The molecule has 0 spiro atoms. The molecule has 0 bridgehead atoms. The van der Waals surface area contributed by atoms with E-state index in [1.165, 1.54) is 12.1 Å². The number of phenols is 1. The van der Waals surface area contributed by atoms with Gasteiger partial charge in [-0.3, -0.25) is 4.72 Å². The van der Waals surface area contributed by atoms with Crippen LogP contribution >= 0.6 is 0 Å². The van der Waals surface area contributed by atoms with E-state index in [1.54, 1.807) is 18.2 Å². The van der Waals surface area contributed by atoms with Gasteiger partial charge >= 0.3 is 6.36 Å². The van der Waals surface area contributed by atoms with Gasteiger partial charge in [0.1, 0.15) is 22.8 Å². The van der Waals surface area contributed by atoms with Gasteiger partial charge in [-0.25, -0.2) is 13.4 Å². The third kappa shape index (κ3) is 3.97. The van der Waals surface area contributed by atoms with Crippen molar-refractivity contribution in [3.05, 3.63) is 54.6 Å². The van der Waals surface area contributed by atoms with Gasteiger partial charge in [0.25, 0.3) is 10.0 Å². The third-order valence-corrected chi connectivity index (χ3v) is 4.64. The van der Waals surface area contributed by atoms with Crippen LogP contribution in [0.3, 0.4) is 0 Å². The number of fused-ring (bicyclic) bond motifs is 1. The lowest BCUT2D eigenvalue weighted by atomic mass is 10.2. The topological polar surface area (TPSA) is 88.5 Å². The predicted octanol–water partition coefficient (Wildman–Crippen LogP) is 3.64. The van der Waals surface area contributed by atoms with E-state index in [4.69, 9.17) is 0 Å². The standard InChI is InChI=1S/C16H11F3N2O4S/c17-16(18,19)25-11-4-2-5-12(9-11)26(23,24)21-14-8-7-10-3-1-6-13(22)15(10)20-14/h1-9,22H,(H,20,21). The van der Waals surface area contributed by atoms with Gasteiger partial charge in [0, 0.05) is 11.5 Å². The minimum absolute atomic E-state index is 0.0962. The molecule has 1 aromatic heterocycles. The Balaban J connectivity index is 1.92. The number of halogens is 3. The first-order valence-electron chi connectivity index (χ1n) is 7.11. The molecule has 0 unspecified atom stereocenters. The van der Waals surface area contributed by atoms with Crippen LogP contribution in [0.5, 0.6) is 11.5 Å². The second-order valence-electron chi connectivity index (χ2n) is 5.17. The van der Waals surface area contributed by atoms with Gasteiger partial charge in [0.2, 0.25) is 0 Å². The number of anilines is 1. The Hall–Kier alpha value is -3.01. The van der Waals surface area contributed by atoms with Crippen molar-refractivity contribution in [2.24, 2.45) is 0 Å². The van der Waals surface area contributed by atoms with Crippen LogP contribution < -0.4 is 9.46 Å². The highest BCUT2D eigenvalue weighted by Gasteiger charge is 2.31. The molecule has 0 fully saturated rings. The number of hydrogen-bond donors (Lipinski definition) is 2. The van der Waals surface area contributed by atoms with Crippen molar-refractivity contribution in [3.63, 3.8) is 0 Å². The van der Waals surface area contributed by atoms with Gasteiger partial charge in [-0.1, -0.05) is 18.2 Å². The van der Waals surface area contributed by atoms with Crippen molar-refractivity contribution in [1.82, 2.24) is 4.98 Å². The fourth-order valence-electron chi connectivity index (χ4n) is 2.22. The van der Waals surface area contributed by atoms with Crippen molar-refractivity contribution >= 4 is 26.7 Å². The average molecular weight is 384 g/mol. The number of nitrogens with zero attached hydrogens (tertiary/aromatic N) is 1. The molecule has 136 valence electrons. The predicted molar refractivity (Wildman–Crippen MR) is 87.3 cm³/mol. The first-order chi connectivity index (χ1) is 12.1. The number of aromatic nitrogens is 1. The fraction of sp³-hybridized carbons (Fsp3) is 0.0625. The maximum absolute atomic E-state index is 12.4. The van der Waals surface area contributed by atoms with Crippen molar-refractivity contribution in [1.29, 1.82) is 0 Å². The molecule has 3 rings (SSSR count). The highest BCUT2D eigenvalue weighted by Crippen LogP contribution is 2.27. The van der Waals surface area contributed by atoms with E-state index in [0.717, 1.165) is 24.3 Å². The Morgan fingerprint density at radius 3 is 2.50 bits per heavy atom. The summed E-state index contributed by atoms with van der Waals surface area (Å²) in [5.74, 6) is -0.894. The number of benzene rings is 2. The molecular formula is C16H11F3N2O4S. The zero-order chi connectivity index (χ0) is 18.9. The summed E-state index contributed by atoms with van der Waals surface area (Å²) in [6.45, 7) is 0. The summed E-state index contributed by atoms with van der Waals surface area (Å²) < 4.78 is 67.5. The number of nitrogens with one attached hydrogen (secondary N) is 1.